The molecular formula is C18H19ClF3N3O3. The fourth-order valence-electron chi connectivity index (χ4n) is 3.66. The number of amides is 3. The summed E-state index contributed by atoms with van der Waals surface area (Å²) >= 11 is 5.62. The van der Waals surface area contributed by atoms with Gasteiger partial charge in [0.05, 0.1) is 16.5 Å². The smallest absolute Gasteiger partial charge is 0.369 e. The number of primary amides is 1. The molecule has 1 aromatic carbocycles. The summed E-state index contributed by atoms with van der Waals surface area (Å²) < 4.78 is 39.2. The van der Waals surface area contributed by atoms with Crippen LogP contribution in [0.3, 0.4) is 0 Å². The van der Waals surface area contributed by atoms with Crippen molar-refractivity contribution in [1.29, 1.82) is 0 Å². The third-order valence-electron chi connectivity index (χ3n) is 5.25. The van der Waals surface area contributed by atoms with Crippen LogP contribution in [0.25, 0.3) is 0 Å². The number of nitrogens with zero attached hydrogens (tertiary/aromatic N) is 2. The van der Waals surface area contributed by atoms with Crippen molar-refractivity contribution in [1.82, 2.24) is 4.90 Å². The number of likely N-dealkylation sites (tertiary alicyclic amines) is 1. The summed E-state index contributed by atoms with van der Waals surface area (Å²) in [7, 11) is 0. The summed E-state index contributed by atoms with van der Waals surface area (Å²) in [4.78, 5) is 39.1. The maximum atomic E-state index is 13.1. The zero-order valence-electron chi connectivity index (χ0n) is 14.8. The first-order chi connectivity index (χ1) is 13.1. The molecule has 2 saturated heterocycles. The summed E-state index contributed by atoms with van der Waals surface area (Å²) in [6.07, 6.45) is -3.77. The second-order valence-electron chi connectivity index (χ2n) is 7.07. The lowest BCUT2D eigenvalue weighted by Crippen LogP contribution is -2.44. The molecule has 0 aliphatic carbocycles. The van der Waals surface area contributed by atoms with E-state index < -0.39 is 34.5 Å². The van der Waals surface area contributed by atoms with Crippen molar-refractivity contribution in [2.24, 2.45) is 17.6 Å². The molecule has 0 bridgehead atoms. The van der Waals surface area contributed by atoms with Gasteiger partial charge in [-0.25, -0.2) is 0 Å². The molecule has 0 unspecified atom stereocenters. The maximum absolute atomic E-state index is 13.1. The number of alkyl halides is 3. The molecule has 3 amide bonds. The summed E-state index contributed by atoms with van der Waals surface area (Å²) in [5, 5.41) is -0.451. The topological polar surface area (TPSA) is 83.7 Å². The first kappa shape index (κ1) is 20.4. The van der Waals surface area contributed by atoms with Gasteiger partial charge < -0.3 is 15.5 Å². The Labute approximate surface area is 164 Å². The largest absolute Gasteiger partial charge is 0.417 e. The van der Waals surface area contributed by atoms with Gasteiger partial charge in [0.1, 0.15) is 0 Å². The number of hydrogen-bond acceptors (Lipinski definition) is 3. The van der Waals surface area contributed by atoms with E-state index in [1.165, 1.54) is 11.0 Å². The van der Waals surface area contributed by atoms with Gasteiger partial charge in [-0.1, -0.05) is 11.6 Å². The molecule has 6 nitrogen and oxygen atoms in total. The normalized spacial score (nSPS) is 21.3. The number of piperidine rings is 1. The van der Waals surface area contributed by atoms with Crippen molar-refractivity contribution < 1.29 is 27.6 Å². The van der Waals surface area contributed by atoms with Crippen molar-refractivity contribution in [2.75, 3.05) is 24.5 Å². The van der Waals surface area contributed by atoms with Crippen molar-refractivity contribution in [3.05, 3.63) is 28.8 Å². The van der Waals surface area contributed by atoms with Crippen molar-refractivity contribution in [3.8, 4) is 0 Å². The lowest BCUT2D eigenvalue weighted by molar-refractivity contribution is -0.138. The molecule has 2 aliphatic rings. The van der Waals surface area contributed by atoms with Gasteiger partial charge >= 0.3 is 6.18 Å². The minimum atomic E-state index is -4.64. The number of carbonyl (C=O) groups is 3. The van der Waals surface area contributed by atoms with E-state index >= 15 is 0 Å². The van der Waals surface area contributed by atoms with E-state index in [-0.39, 0.29) is 30.5 Å². The van der Waals surface area contributed by atoms with Gasteiger partial charge in [-0.3, -0.25) is 14.4 Å². The molecular weight excluding hydrogens is 399 g/mol. The molecule has 152 valence electrons. The fraction of sp³-hybridized carbons (Fsp3) is 0.500. The second-order valence-corrected chi connectivity index (χ2v) is 7.48. The quantitative estimate of drug-likeness (QED) is 0.819. The molecule has 2 aliphatic heterocycles. The van der Waals surface area contributed by atoms with Gasteiger partial charge in [0.2, 0.25) is 17.7 Å². The number of rotatable bonds is 3. The van der Waals surface area contributed by atoms with Crippen LogP contribution in [0.5, 0.6) is 0 Å². The van der Waals surface area contributed by atoms with Crippen molar-refractivity contribution in [3.63, 3.8) is 0 Å². The summed E-state index contributed by atoms with van der Waals surface area (Å²) in [5.74, 6) is -1.94. The SMILES string of the molecule is NC(=O)C1CCN(C(=O)[C@H]2CC(=O)N(c3ccc(Cl)c(C(F)(F)F)c3)C2)CC1. The van der Waals surface area contributed by atoms with Gasteiger partial charge in [-0.15, -0.1) is 0 Å². The van der Waals surface area contributed by atoms with Crippen LogP contribution in [0.15, 0.2) is 18.2 Å². The molecule has 2 fully saturated rings. The summed E-state index contributed by atoms with van der Waals surface area (Å²) in [5.41, 5.74) is 4.32. The van der Waals surface area contributed by atoms with E-state index in [0.29, 0.717) is 25.9 Å². The van der Waals surface area contributed by atoms with E-state index in [9.17, 15) is 27.6 Å². The summed E-state index contributed by atoms with van der Waals surface area (Å²) in [6, 6.07) is 3.25. The summed E-state index contributed by atoms with van der Waals surface area (Å²) in [6.45, 7) is 0.749. The molecule has 28 heavy (non-hydrogen) atoms. The number of nitrogens with two attached hydrogens (primary N) is 1. The first-order valence-electron chi connectivity index (χ1n) is 8.83. The minimum Gasteiger partial charge on any atom is -0.369 e. The van der Waals surface area contributed by atoms with Gasteiger partial charge in [-0.2, -0.15) is 13.2 Å². The third kappa shape index (κ3) is 4.09. The molecule has 0 spiro atoms. The Morgan fingerprint density at radius 1 is 1.14 bits per heavy atom. The zero-order chi connectivity index (χ0) is 20.6. The molecule has 0 saturated carbocycles. The first-order valence-corrected chi connectivity index (χ1v) is 9.21. The van der Waals surface area contributed by atoms with Gasteiger partial charge in [0.25, 0.3) is 0 Å². The van der Waals surface area contributed by atoms with Crippen LogP contribution < -0.4 is 10.6 Å². The highest BCUT2D eigenvalue weighted by atomic mass is 35.5. The molecule has 1 atom stereocenters. The van der Waals surface area contributed by atoms with Crippen LogP contribution in [0.2, 0.25) is 5.02 Å². The van der Waals surface area contributed by atoms with E-state index in [2.05, 4.69) is 0 Å². The van der Waals surface area contributed by atoms with Crippen molar-refractivity contribution >= 4 is 35.0 Å². The second kappa shape index (κ2) is 7.62. The van der Waals surface area contributed by atoms with E-state index in [1.54, 1.807) is 4.90 Å². The Morgan fingerprint density at radius 3 is 2.36 bits per heavy atom. The van der Waals surface area contributed by atoms with Gasteiger partial charge in [0.15, 0.2) is 0 Å². The monoisotopic (exact) mass is 417 g/mol. The lowest BCUT2D eigenvalue weighted by Gasteiger charge is -2.32. The Bertz CT molecular complexity index is 807. The molecule has 0 aromatic heterocycles. The molecule has 0 radical (unpaired) electrons. The van der Waals surface area contributed by atoms with Crippen LogP contribution in [0, 0.1) is 11.8 Å². The molecule has 2 N–H and O–H groups in total. The molecule has 1 aromatic rings. The van der Waals surface area contributed by atoms with Gasteiger partial charge in [0, 0.05) is 37.7 Å². The molecule has 3 rings (SSSR count). The predicted octanol–water partition coefficient (Wildman–Crippen LogP) is 2.44. The number of hydrogen-bond donors (Lipinski definition) is 1. The number of carbonyl (C=O) groups excluding carboxylic acids is 3. The van der Waals surface area contributed by atoms with Crippen LogP contribution in [0.4, 0.5) is 18.9 Å². The number of halogens is 4. The standard InChI is InChI=1S/C18H19ClF3N3O3/c19-14-2-1-12(8-13(14)18(20,21)22)25-9-11(7-15(25)26)17(28)24-5-3-10(4-6-24)16(23)27/h1-2,8,10-11H,3-7,9H2,(H2,23,27)/t11-/m0/s1. The highest BCUT2D eigenvalue weighted by molar-refractivity contribution is 6.31. The van der Waals surface area contributed by atoms with Crippen LogP contribution >= 0.6 is 11.6 Å². The average Bonchev–Trinajstić information content (AvgIpc) is 3.02. The Kier molecular flexibility index (Phi) is 5.56. The third-order valence-corrected chi connectivity index (χ3v) is 5.58. The predicted molar refractivity (Wildman–Crippen MR) is 95.4 cm³/mol. The average molecular weight is 418 g/mol. The molecule has 10 heteroatoms. The minimum absolute atomic E-state index is 0.00629. The van der Waals surface area contributed by atoms with Crippen molar-refractivity contribution in [2.45, 2.75) is 25.4 Å². The van der Waals surface area contributed by atoms with Crippen LogP contribution in [-0.2, 0) is 20.6 Å². The highest BCUT2D eigenvalue weighted by Crippen LogP contribution is 2.38. The Balaban J connectivity index is 1.70. The number of anilines is 1. The van der Waals surface area contributed by atoms with E-state index in [4.69, 9.17) is 17.3 Å². The maximum Gasteiger partial charge on any atom is 0.417 e. The van der Waals surface area contributed by atoms with Crippen LogP contribution in [0.1, 0.15) is 24.8 Å². The van der Waals surface area contributed by atoms with E-state index in [0.717, 1.165) is 12.1 Å². The highest BCUT2D eigenvalue weighted by Gasteiger charge is 2.40. The Morgan fingerprint density at radius 2 is 1.79 bits per heavy atom. The van der Waals surface area contributed by atoms with Crippen LogP contribution in [-0.4, -0.2) is 42.3 Å². The lowest BCUT2D eigenvalue weighted by atomic mass is 9.95. The Hall–Kier alpha value is -2.29. The molecule has 2 heterocycles. The zero-order valence-corrected chi connectivity index (χ0v) is 15.6. The van der Waals surface area contributed by atoms with E-state index in [1.807, 2.05) is 0 Å². The fourth-order valence-corrected chi connectivity index (χ4v) is 3.89. The van der Waals surface area contributed by atoms with Gasteiger partial charge in [-0.05, 0) is 31.0 Å². The number of benzene rings is 1.